The van der Waals surface area contributed by atoms with E-state index in [9.17, 15) is 4.79 Å². The third kappa shape index (κ3) is 1.81. The van der Waals surface area contributed by atoms with Crippen molar-refractivity contribution in [3.8, 4) is 0 Å². The molecule has 1 atom stereocenters. The van der Waals surface area contributed by atoms with Crippen LogP contribution in [0.4, 0.5) is 5.95 Å². The van der Waals surface area contributed by atoms with Crippen LogP contribution in [0.25, 0.3) is 0 Å². The molecular formula is C8H7Cl2N3O. The van der Waals surface area contributed by atoms with E-state index in [0.29, 0.717) is 23.9 Å². The maximum Gasteiger partial charge on any atom is 0.232 e. The van der Waals surface area contributed by atoms with Crippen molar-refractivity contribution in [1.29, 1.82) is 0 Å². The van der Waals surface area contributed by atoms with Gasteiger partial charge in [-0.05, 0) is 0 Å². The van der Waals surface area contributed by atoms with E-state index in [1.165, 1.54) is 17.3 Å². The SMILES string of the molecule is O=C1CC(Cl)CN1c1ncc(Cl)cn1. The van der Waals surface area contributed by atoms with Gasteiger partial charge in [0.05, 0.1) is 22.8 Å². The lowest BCUT2D eigenvalue weighted by molar-refractivity contribution is -0.117. The van der Waals surface area contributed by atoms with E-state index in [-0.39, 0.29) is 11.3 Å². The van der Waals surface area contributed by atoms with Crippen LogP contribution in [-0.4, -0.2) is 27.8 Å². The molecule has 1 fully saturated rings. The predicted molar refractivity (Wildman–Crippen MR) is 53.7 cm³/mol. The average molecular weight is 232 g/mol. The van der Waals surface area contributed by atoms with Crippen molar-refractivity contribution in [2.45, 2.75) is 11.8 Å². The lowest BCUT2D eigenvalue weighted by Gasteiger charge is -2.12. The minimum Gasteiger partial charge on any atom is -0.279 e. The van der Waals surface area contributed by atoms with Crippen LogP contribution in [0.3, 0.4) is 0 Å². The average Bonchev–Trinajstić information content (AvgIpc) is 2.47. The fourth-order valence-corrected chi connectivity index (χ4v) is 1.67. The molecular weight excluding hydrogens is 225 g/mol. The Kier molecular flexibility index (Phi) is 2.56. The molecule has 14 heavy (non-hydrogen) atoms. The van der Waals surface area contributed by atoms with Crippen LogP contribution in [0.15, 0.2) is 12.4 Å². The van der Waals surface area contributed by atoms with Crippen LogP contribution >= 0.6 is 23.2 Å². The van der Waals surface area contributed by atoms with E-state index in [2.05, 4.69) is 9.97 Å². The standard InChI is InChI=1S/C8H7Cl2N3O/c9-5-1-7(14)13(4-5)8-11-2-6(10)3-12-8/h2-3,5H,1,4H2. The molecule has 0 N–H and O–H groups in total. The van der Waals surface area contributed by atoms with Gasteiger partial charge in [0.15, 0.2) is 0 Å². The Morgan fingerprint density at radius 1 is 1.43 bits per heavy atom. The molecule has 1 aliphatic heterocycles. The van der Waals surface area contributed by atoms with Crippen molar-refractivity contribution in [1.82, 2.24) is 9.97 Å². The summed E-state index contributed by atoms with van der Waals surface area (Å²) < 4.78 is 0. The molecule has 0 aromatic carbocycles. The number of amides is 1. The van der Waals surface area contributed by atoms with Crippen molar-refractivity contribution < 1.29 is 4.79 Å². The molecule has 1 unspecified atom stereocenters. The summed E-state index contributed by atoms with van der Waals surface area (Å²) in [5.74, 6) is 0.315. The summed E-state index contributed by atoms with van der Waals surface area (Å²) in [5, 5.41) is 0.296. The topological polar surface area (TPSA) is 46.1 Å². The fraction of sp³-hybridized carbons (Fsp3) is 0.375. The Bertz CT molecular complexity index is 354. The second-order valence-electron chi connectivity index (χ2n) is 3.01. The van der Waals surface area contributed by atoms with Crippen LogP contribution in [-0.2, 0) is 4.79 Å². The molecule has 2 rings (SSSR count). The van der Waals surface area contributed by atoms with Crippen LogP contribution in [0, 0.1) is 0 Å². The van der Waals surface area contributed by atoms with Gasteiger partial charge in [-0.2, -0.15) is 0 Å². The van der Waals surface area contributed by atoms with E-state index in [1.54, 1.807) is 0 Å². The zero-order chi connectivity index (χ0) is 10.1. The summed E-state index contributed by atoms with van der Waals surface area (Å²) in [6.45, 7) is 0.460. The monoisotopic (exact) mass is 231 g/mol. The molecule has 1 aliphatic rings. The molecule has 2 heterocycles. The molecule has 1 aromatic heterocycles. The lowest BCUT2D eigenvalue weighted by Crippen LogP contribution is -2.26. The highest BCUT2D eigenvalue weighted by molar-refractivity contribution is 6.30. The number of anilines is 1. The van der Waals surface area contributed by atoms with Gasteiger partial charge in [0.2, 0.25) is 11.9 Å². The maximum atomic E-state index is 11.4. The molecule has 0 saturated carbocycles. The number of nitrogens with zero attached hydrogens (tertiary/aromatic N) is 3. The van der Waals surface area contributed by atoms with Gasteiger partial charge in [-0.15, -0.1) is 11.6 Å². The lowest BCUT2D eigenvalue weighted by atomic mass is 10.4. The Labute approximate surface area is 90.9 Å². The maximum absolute atomic E-state index is 11.4. The van der Waals surface area contributed by atoms with Crippen molar-refractivity contribution in [3.05, 3.63) is 17.4 Å². The highest BCUT2D eigenvalue weighted by Gasteiger charge is 2.30. The third-order valence-corrected chi connectivity index (χ3v) is 2.41. The van der Waals surface area contributed by atoms with Crippen LogP contribution in [0.2, 0.25) is 5.02 Å². The molecule has 0 bridgehead atoms. The summed E-state index contributed by atoms with van der Waals surface area (Å²) >= 11 is 11.5. The Morgan fingerprint density at radius 2 is 2.07 bits per heavy atom. The first-order valence-electron chi connectivity index (χ1n) is 4.09. The summed E-state index contributed by atoms with van der Waals surface area (Å²) in [7, 11) is 0. The Hall–Kier alpha value is -0.870. The van der Waals surface area contributed by atoms with Gasteiger partial charge < -0.3 is 0 Å². The third-order valence-electron chi connectivity index (χ3n) is 1.93. The van der Waals surface area contributed by atoms with Gasteiger partial charge in [0.25, 0.3) is 0 Å². The molecule has 0 radical (unpaired) electrons. The number of carbonyl (C=O) groups excluding carboxylic acids is 1. The number of rotatable bonds is 1. The largest absolute Gasteiger partial charge is 0.279 e. The Morgan fingerprint density at radius 3 is 2.57 bits per heavy atom. The summed E-state index contributed by atoms with van der Waals surface area (Å²) in [5.41, 5.74) is 0. The van der Waals surface area contributed by atoms with E-state index in [4.69, 9.17) is 23.2 Å². The number of hydrogen-bond acceptors (Lipinski definition) is 3. The van der Waals surface area contributed by atoms with E-state index < -0.39 is 0 Å². The number of halogens is 2. The molecule has 6 heteroatoms. The van der Waals surface area contributed by atoms with Gasteiger partial charge in [0, 0.05) is 13.0 Å². The van der Waals surface area contributed by atoms with Gasteiger partial charge in [-0.1, -0.05) is 11.6 Å². The molecule has 1 saturated heterocycles. The first-order chi connectivity index (χ1) is 6.66. The quantitative estimate of drug-likeness (QED) is 0.689. The van der Waals surface area contributed by atoms with E-state index in [1.807, 2.05) is 0 Å². The zero-order valence-electron chi connectivity index (χ0n) is 7.15. The molecule has 0 spiro atoms. The highest BCUT2D eigenvalue weighted by atomic mass is 35.5. The van der Waals surface area contributed by atoms with Crippen LogP contribution < -0.4 is 4.90 Å². The first-order valence-corrected chi connectivity index (χ1v) is 4.90. The molecule has 1 aromatic rings. The summed E-state index contributed by atoms with van der Waals surface area (Å²) in [6, 6.07) is 0. The normalized spacial score (nSPS) is 21.7. The zero-order valence-corrected chi connectivity index (χ0v) is 8.66. The minimum absolute atomic E-state index is 0.0488. The minimum atomic E-state index is -0.151. The number of carbonyl (C=O) groups is 1. The van der Waals surface area contributed by atoms with Gasteiger partial charge in [-0.25, -0.2) is 9.97 Å². The molecule has 74 valence electrons. The highest BCUT2D eigenvalue weighted by Crippen LogP contribution is 2.21. The van der Waals surface area contributed by atoms with Crippen molar-refractivity contribution >= 4 is 35.1 Å². The Balaban J connectivity index is 2.23. The predicted octanol–water partition coefficient (Wildman–Crippen LogP) is 1.47. The smallest absolute Gasteiger partial charge is 0.232 e. The van der Waals surface area contributed by atoms with Crippen molar-refractivity contribution in [3.63, 3.8) is 0 Å². The van der Waals surface area contributed by atoms with Crippen molar-refractivity contribution in [2.75, 3.05) is 11.4 Å². The number of aromatic nitrogens is 2. The first kappa shape index (κ1) is 9.68. The summed E-state index contributed by atoms with van der Waals surface area (Å²) in [6.07, 6.45) is 3.25. The van der Waals surface area contributed by atoms with Crippen LogP contribution in [0.1, 0.15) is 6.42 Å². The fourth-order valence-electron chi connectivity index (χ4n) is 1.30. The van der Waals surface area contributed by atoms with Crippen molar-refractivity contribution in [2.24, 2.45) is 0 Å². The van der Waals surface area contributed by atoms with Gasteiger partial charge in [-0.3, -0.25) is 9.69 Å². The second kappa shape index (κ2) is 3.71. The summed E-state index contributed by atoms with van der Waals surface area (Å²) in [4.78, 5) is 20.8. The van der Waals surface area contributed by atoms with Gasteiger partial charge >= 0.3 is 0 Å². The van der Waals surface area contributed by atoms with E-state index in [0.717, 1.165) is 0 Å². The molecule has 1 amide bonds. The number of hydrogen-bond donors (Lipinski definition) is 0. The van der Waals surface area contributed by atoms with E-state index >= 15 is 0 Å². The van der Waals surface area contributed by atoms with Crippen LogP contribution in [0.5, 0.6) is 0 Å². The second-order valence-corrected chi connectivity index (χ2v) is 4.06. The molecule has 0 aliphatic carbocycles. The number of alkyl halides is 1. The molecule has 4 nitrogen and oxygen atoms in total. The van der Waals surface area contributed by atoms with Gasteiger partial charge in [0.1, 0.15) is 0 Å².